The Labute approximate surface area is 89.7 Å². The highest BCUT2D eigenvalue weighted by Crippen LogP contribution is 2.11. The number of amides is 2. The molecule has 1 fully saturated rings. The van der Waals surface area contributed by atoms with Gasteiger partial charge in [0.15, 0.2) is 0 Å². The third-order valence-electron chi connectivity index (χ3n) is 2.58. The van der Waals surface area contributed by atoms with Crippen LogP contribution in [0.3, 0.4) is 0 Å². The van der Waals surface area contributed by atoms with E-state index in [2.05, 4.69) is 0 Å². The Balaban J connectivity index is 2.77. The van der Waals surface area contributed by atoms with Crippen molar-refractivity contribution in [1.29, 1.82) is 0 Å². The third kappa shape index (κ3) is 2.92. The number of β-amino-alcohol motifs (C(OH)–C–C–N with tert-alkyl or cyclic N) is 1. The molecule has 15 heavy (non-hydrogen) atoms. The van der Waals surface area contributed by atoms with Crippen molar-refractivity contribution in [2.24, 2.45) is 0 Å². The minimum absolute atomic E-state index is 0.0384. The second-order valence-electron chi connectivity index (χ2n) is 4.20. The van der Waals surface area contributed by atoms with E-state index in [1.54, 1.807) is 23.8 Å². The molecule has 2 atom stereocenters. The molecular weight excluding hydrogens is 196 g/mol. The SMILES string of the molecule is CC(O)CN1C(=O)CC(=O)N(C)CC1C. The van der Waals surface area contributed by atoms with Gasteiger partial charge in [0.25, 0.3) is 0 Å². The van der Waals surface area contributed by atoms with Crippen LogP contribution in [-0.2, 0) is 9.59 Å². The van der Waals surface area contributed by atoms with E-state index in [-0.39, 0.29) is 24.3 Å². The number of carbonyl (C=O) groups excluding carboxylic acids is 2. The molecule has 0 spiro atoms. The summed E-state index contributed by atoms with van der Waals surface area (Å²) >= 11 is 0. The number of hydrogen-bond acceptors (Lipinski definition) is 3. The number of hydrogen-bond donors (Lipinski definition) is 1. The lowest BCUT2D eigenvalue weighted by atomic mass is 10.2. The van der Waals surface area contributed by atoms with Crippen LogP contribution in [0.5, 0.6) is 0 Å². The topological polar surface area (TPSA) is 60.9 Å². The quantitative estimate of drug-likeness (QED) is 0.627. The van der Waals surface area contributed by atoms with Crippen molar-refractivity contribution in [2.75, 3.05) is 20.1 Å². The molecule has 1 saturated heterocycles. The highest BCUT2D eigenvalue weighted by Gasteiger charge is 2.29. The van der Waals surface area contributed by atoms with Gasteiger partial charge in [-0.1, -0.05) is 0 Å². The Morgan fingerprint density at radius 2 is 2.07 bits per heavy atom. The average molecular weight is 214 g/mol. The molecule has 5 heteroatoms. The normalized spacial score (nSPS) is 25.5. The van der Waals surface area contributed by atoms with E-state index in [0.29, 0.717) is 13.1 Å². The minimum atomic E-state index is -0.560. The molecule has 1 heterocycles. The summed E-state index contributed by atoms with van der Waals surface area (Å²) in [6, 6.07) is -0.0384. The van der Waals surface area contributed by atoms with Gasteiger partial charge < -0.3 is 14.9 Å². The summed E-state index contributed by atoms with van der Waals surface area (Å²) in [7, 11) is 1.69. The summed E-state index contributed by atoms with van der Waals surface area (Å²) in [4.78, 5) is 26.2. The first kappa shape index (κ1) is 12.0. The van der Waals surface area contributed by atoms with Crippen molar-refractivity contribution in [1.82, 2.24) is 9.80 Å². The first-order valence-electron chi connectivity index (χ1n) is 5.13. The molecule has 0 bridgehead atoms. The predicted molar refractivity (Wildman–Crippen MR) is 55.1 cm³/mol. The summed E-state index contributed by atoms with van der Waals surface area (Å²) in [5.41, 5.74) is 0. The molecule has 1 aliphatic heterocycles. The van der Waals surface area contributed by atoms with Crippen LogP contribution < -0.4 is 0 Å². The van der Waals surface area contributed by atoms with Crippen molar-refractivity contribution in [2.45, 2.75) is 32.4 Å². The maximum atomic E-state index is 11.7. The van der Waals surface area contributed by atoms with E-state index < -0.39 is 6.10 Å². The maximum Gasteiger partial charge on any atom is 0.232 e. The second kappa shape index (κ2) is 4.61. The number of nitrogens with zero attached hydrogens (tertiary/aromatic N) is 2. The zero-order valence-corrected chi connectivity index (χ0v) is 9.43. The third-order valence-corrected chi connectivity index (χ3v) is 2.58. The van der Waals surface area contributed by atoms with Crippen molar-refractivity contribution < 1.29 is 14.7 Å². The Hall–Kier alpha value is -1.10. The van der Waals surface area contributed by atoms with Gasteiger partial charge in [-0.2, -0.15) is 0 Å². The standard InChI is InChI=1S/C10H18N2O3/c1-7-5-11(3)9(14)4-10(15)12(7)6-8(2)13/h7-8,13H,4-6H2,1-3H3. The van der Waals surface area contributed by atoms with Gasteiger partial charge in [0, 0.05) is 26.2 Å². The van der Waals surface area contributed by atoms with Crippen molar-refractivity contribution in [3.05, 3.63) is 0 Å². The summed E-state index contributed by atoms with van der Waals surface area (Å²) < 4.78 is 0. The first-order valence-corrected chi connectivity index (χ1v) is 5.13. The van der Waals surface area contributed by atoms with Crippen molar-refractivity contribution in [3.63, 3.8) is 0 Å². The molecule has 0 radical (unpaired) electrons. The zero-order valence-electron chi connectivity index (χ0n) is 9.43. The van der Waals surface area contributed by atoms with Crippen molar-refractivity contribution in [3.8, 4) is 0 Å². The molecule has 1 N–H and O–H groups in total. The molecule has 0 saturated carbocycles. The summed E-state index contributed by atoms with van der Waals surface area (Å²) in [6.45, 7) is 4.34. The Bertz CT molecular complexity index is 265. The number of likely N-dealkylation sites (N-methyl/N-ethyl adjacent to an activating group) is 1. The molecule has 5 nitrogen and oxygen atoms in total. The maximum absolute atomic E-state index is 11.7. The van der Waals surface area contributed by atoms with Crippen LogP contribution in [0.2, 0.25) is 0 Å². The molecule has 2 unspecified atom stereocenters. The largest absolute Gasteiger partial charge is 0.392 e. The molecule has 86 valence electrons. The smallest absolute Gasteiger partial charge is 0.232 e. The fourth-order valence-corrected chi connectivity index (χ4v) is 1.77. The lowest BCUT2D eigenvalue weighted by Crippen LogP contribution is -2.44. The van der Waals surface area contributed by atoms with Crippen LogP contribution in [-0.4, -0.2) is 59.0 Å². The molecule has 0 aliphatic carbocycles. The van der Waals surface area contributed by atoms with Crippen LogP contribution in [0, 0.1) is 0 Å². The molecule has 1 aliphatic rings. The molecular formula is C10H18N2O3. The Morgan fingerprint density at radius 1 is 1.47 bits per heavy atom. The average Bonchev–Trinajstić information content (AvgIpc) is 2.19. The van der Waals surface area contributed by atoms with Gasteiger partial charge >= 0.3 is 0 Å². The van der Waals surface area contributed by atoms with Gasteiger partial charge in [-0.15, -0.1) is 0 Å². The zero-order chi connectivity index (χ0) is 11.6. The molecule has 0 aromatic heterocycles. The van der Waals surface area contributed by atoms with Gasteiger partial charge in [-0.25, -0.2) is 0 Å². The lowest BCUT2D eigenvalue weighted by Gasteiger charge is -2.28. The van der Waals surface area contributed by atoms with E-state index in [4.69, 9.17) is 0 Å². The fourth-order valence-electron chi connectivity index (χ4n) is 1.77. The van der Waals surface area contributed by atoms with Crippen LogP contribution >= 0.6 is 0 Å². The Morgan fingerprint density at radius 3 is 2.60 bits per heavy atom. The number of rotatable bonds is 2. The van der Waals surface area contributed by atoms with Gasteiger partial charge in [-0.05, 0) is 13.8 Å². The van der Waals surface area contributed by atoms with Gasteiger partial charge in [-0.3, -0.25) is 9.59 Å². The monoisotopic (exact) mass is 214 g/mol. The molecule has 0 aromatic rings. The highest BCUT2D eigenvalue weighted by molar-refractivity contribution is 5.97. The summed E-state index contributed by atoms with van der Waals surface area (Å²) in [6.07, 6.45) is -0.650. The van der Waals surface area contributed by atoms with Crippen LogP contribution in [0.25, 0.3) is 0 Å². The van der Waals surface area contributed by atoms with E-state index >= 15 is 0 Å². The number of aliphatic hydroxyl groups excluding tert-OH is 1. The highest BCUT2D eigenvalue weighted by atomic mass is 16.3. The van der Waals surface area contributed by atoms with Crippen molar-refractivity contribution >= 4 is 11.8 Å². The summed E-state index contributed by atoms with van der Waals surface area (Å²) in [5.74, 6) is -0.349. The predicted octanol–water partition coefficient (Wildman–Crippen LogP) is -0.554. The summed E-state index contributed by atoms with van der Waals surface area (Å²) in [5, 5.41) is 9.27. The van der Waals surface area contributed by atoms with Crippen LogP contribution in [0.1, 0.15) is 20.3 Å². The van der Waals surface area contributed by atoms with Gasteiger partial charge in [0.2, 0.25) is 11.8 Å². The van der Waals surface area contributed by atoms with E-state index in [1.807, 2.05) is 6.92 Å². The van der Waals surface area contributed by atoms with E-state index in [9.17, 15) is 14.7 Å². The van der Waals surface area contributed by atoms with Gasteiger partial charge in [0.1, 0.15) is 6.42 Å². The molecule has 1 rings (SSSR count). The Kier molecular flexibility index (Phi) is 3.68. The fraction of sp³-hybridized carbons (Fsp3) is 0.800. The first-order chi connectivity index (χ1) is 6.91. The van der Waals surface area contributed by atoms with Crippen LogP contribution in [0.4, 0.5) is 0 Å². The number of aliphatic hydroxyl groups is 1. The lowest BCUT2D eigenvalue weighted by molar-refractivity contribution is -0.137. The minimum Gasteiger partial charge on any atom is -0.392 e. The van der Waals surface area contributed by atoms with Crippen LogP contribution in [0.15, 0.2) is 0 Å². The number of carbonyl (C=O) groups is 2. The van der Waals surface area contributed by atoms with E-state index in [1.165, 1.54) is 0 Å². The second-order valence-corrected chi connectivity index (χ2v) is 4.20. The van der Waals surface area contributed by atoms with E-state index in [0.717, 1.165) is 0 Å². The molecule has 2 amide bonds. The molecule has 0 aromatic carbocycles. The van der Waals surface area contributed by atoms with Gasteiger partial charge in [0.05, 0.1) is 6.10 Å².